The summed E-state index contributed by atoms with van der Waals surface area (Å²) < 4.78 is 13.6. The van der Waals surface area contributed by atoms with Gasteiger partial charge in [0.05, 0.1) is 5.41 Å². The highest BCUT2D eigenvalue weighted by molar-refractivity contribution is 5.88. The first kappa shape index (κ1) is 15.5. The minimum Gasteiger partial charge on any atom is -0.351 e. The monoisotopic (exact) mass is 304 g/mol. The Bertz CT molecular complexity index is 540. The number of hydrogen-bond donors (Lipinski definition) is 2. The summed E-state index contributed by atoms with van der Waals surface area (Å²) in [5.41, 5.74) is 0.290. The van der Waals surface area contributed by atoms with Crippen molar-refractivity contribution in [3.63, 3.8) is 0 Å². The zero-order valence-electron chi connectivity index (χ0n) is 13.2. The number of nitrogens with one attached hydrogen (secondary N) is 2. The number of hydrogen-bond acceptors (Lipinski definition) is 2. The molecule has 1 saturated heterocycles. The molecule has 2 unspecified atom stereocenters. The van der Waals surface area contributed by atoms with Gasteiger partial charge in [-0.2, -0.15) is 0 Å². The number of carbonyl (C=O) groups excluding carboxylic acids is 1. The van der Waals surface area contributed by atoms with Crippen LogP contribution in [-0.2, 0) is 10.2 Å². The summed E-state index contributed by atoms with van der Waals surface area (Å²) in [6.07, 6.45) is 4.77. The van der Waals surface area contributed by atoms with Gasteiger partial charge in [0.1, 0.15) is 5.82 Å². The Kier molecular flexibility index (Phi) is 4.48. The molecule has 1 heterocycles. The Balaban J connectivity index is 1.82. The lowest BCUT2D eigenvalue weighted by molar-refractivity contribution is -0.127. The lowest BCUT2D eigenvalue weighted by Crippen LogP contribution is -2.54. The zero-order valence-corrected chi connectivity index (χ0v) is 13.2. The number of halogens is 1. The van der Waals surface area contributed by atoms with Crippen LogP contribution in [0, 0.1) is 11.7 Å². The Hall–Kier alpha value is -1.42. The van der Waals surface area contributed by atoms with Crippen LogP contribution in [-0.4, -0.2) is 25.0 Å². The molecule has 1 aromatic carbocycles. The molecule has 1 amide bonds. The van der Waals surface area contributed by atoms with E-state index >= 15 is 0 Å². The van der Waals surface area contributed by atoms with E-state index in [9.17, 15) is 9.18 Å². The highest BCUT2D eigenvalue weighted by atomic mass is 19.1. The van der Waals surface area contributed by atoms with Gasteiger partial charge < -0.3 is 10.6 Å². The molecule has 1 aliphatic carbocycles. The average Bonchev–Trinajstić information content (AvgIpc) is 3.00. The Labute approximate surface area is 131 Å². The lowest BCUT2D eigenvalue weighted by atomic mass is 9.77. The lowest BCUT2D eigenvalue weighted by Gasteiger charge is -2.35. The molecule has 2 N–H and O–H groups in total. The van der Waals surface area contributed by atoms with Crippen LogP contribution < -0.4 is 10.6 Å². The molecule has 4 heteroatoms. The first-order chi connectivity index (χ1) is 10.6. The van der Waals surface area contributed by atoms with Crippen LogP contribution in [0.5, 0.6) is 0 Å². The topological polar surface area (TPSA) is 41.1 Å². The largest absolute Gasteiger partial charge is 0.351 e. The fraction of sp³-hybridized carbons (Fsp3) is 0.611. The van der Waals surface area contributed by atoms with Gasteiger partial charge in [-0.15, -0.1) is 0 Å². The molecule has 3 rings (SSSR count). The quantitative estimate of drug-likeness (QED) is 0.901. The van der Waals surface area contributed by atoms with E-state index in [1.54, 1.807) is 6.07 Å². The molecular formula is C18H25FN2O. The van der Waals surface area contributed by atoms with Gasteiger partial charge in [0.2, 0.25) is 5.91 Å². The van der Waals surface area contributed by atoms with Crippen molar-refractivity contribution in [2.24, 2.45) is 5.92 Å². The molecule has 2 atom stereocenters. The maximum Gasteiger partial charge on any atom is 0.230 e. The predicted molar refractivity (Wildman–Crippen MR) is 85.1 cm³/mol. The molecule has 0 radical (unpaired) electrons. The molecule has 1 aromatic rings. The second-order valence-corrected chi connectivity index (χ2v) is 6.85. The summed E-state index contributed by atoms with van der Waals surface area (Å²) >= 11 is 0. The highest BCUT2D eigenvalue weighted by Crippen LogP contribution is 2.41. The number of piperidine rings is 1. The van der Waals surface area contributed by atoms with Gasteiger partial charge in [-0.3, -0.25) is 4.79 Å². The van der Waals surface area contributed by atoms with Crippen molar-refractivity contribution in [3.05, 3.63) is 35.6 Å². The summed E-state index contributed by atoms with van der Waals surface area (Å²) in [5, 5.41) is 6.59. The molecular weight excluding hydrogens is 279 g/mol. The summed E-state index contributed by atoms with van der Waals surface area (Å²) in [6.45, 7) is 4.03. The average molecular weight is 304 g/mol. The summed E-state index contributed by atoms with van der Waals surface area (Å²) in [6, 6.07) is 6.76. The van der Waals surface area contributed by atoms with Crippen molar-refractivity contribution in [2.75, 3.05) is 13.1 Å². The first-order valence-electron chi connectivity index (χ1n) is 8.39. The van der Waals surface area contributed by atoms with Gasteiger partial charge in [0.15, 0.2) is 0 Å². The van der Waals surface area contributed by atoms with Gasteiger partial charge in [-0.05, 0) is 49.4 Å². The minimum absolute atomic E-state index is 0.0798. The third-order valence-electron chi connectivity index (χ3n) is 5.41. The highest BCUT2D eigenvalue weighted by Gasteiger charge is 2.43. The Morgan fingerprint density at radius 3 is 2.82 bits per heavy atom. The van der Waals surface area contributed by atoms with Gasteiger partial charge >= 0.3 is 0 Å². The van der Waals surface area contributed by atoms with Gasteiger partial charge in [-0.25, -0.2) is 4.39 Å². The summed E-state index contributed by atoms with van der Waals surface area (Å²) in [4.78, 5) is 13.0. The molecule has 120 valence electrons. The summed E-state index contributed by atoms with van der Waals surface area (Å²) in [7, 11) is 0. The van der Waals surface area contributed by atoms with Crippen LogP contribution in [0.1, 0.15) is 44.6 Å². The van der Waals surface area contributed by atoms with Crippen LogP contribution in [0.4, 0.5) is 4.39 Å². The van der Waals surface area contributed by atoms with Crippen molar-refractivity contribution in [2.45, 2.75) is 50.5 Å². The standard InChI is InChI=1S/C18H25FN2O/c1-13-7-10-20-12-16(13)21-17(22)18(8-2-3-9-18)14-5-4-6-15(19)11-14/h4-6,11,13,16,20H,2-3,7-10,12H2,1H3,(H,21,22). The maximum absolute atomic E-state index is 13.6. The number of carbonyl (C=O) groups is 1. The van der Waals surface area contributed by atoms with E-state index in [2.05, 4.69) is 17.6 Å². The third kappa shape index (κ3) is 2.89. The van der Waals surface area contributed by atoms with Crippen LogP contribution in [0.25, 0.3) is 0 Å². The van der Waals surface area contributed by atoms with Gasteiger partial charge in [0.25, 0.3) is 0 Å². The molecule has 3 nitrogen and oxygen atoms in total. The van der Waals surface area contributed by atoms with E-state index < -0.39 is 5.41 Å². The predicted octanol–water partition coefficient (Wildman–Crippen LogP) is 2.75. The normalized spacial score (nSPS) is 27.5. The number of benzene rings is 1. The third-order valence-corrected chi connectivity index (χ3v) is 5.41. The van der Waals surface area contributed by atoms with E-state index in [4.69, 9.17) is 0 Å². The van der Waals surface area contributed by atoms with Gasteiger partial charge in [-0.1, -0.05) is 31.9 Å². The van der Waals surface area contributed by atoms with E-state index in [0.717, 1.165) is 50.8 Å². The van der Waals surface area contributed by atoms with E-state index in [1.165, 1.54) is 12.1 Å². The van der Waals surface area contributed by atoms with Crippen molar-refractivity contribution in [1.29, 1.82) is 0 Å². The Morgan fingerprint density at radius 1 is 1.36 bits per heavy atom. The minimum atomic E-state index is -0.542. The zero-order chi connectivity index (χ0) is 15.6. The second kappa shape index (κ2) is 6.37. The summed E-state index contributed by atoms with van der Waals surface area (Å²) in [5.74, 6) is 0.302. The van der Waals surface area contributed by atoms with Crippen molar-refractivity contribution >= 4 is 5.91 Å². The molecule has 1 saturated carbocycles. The second-order valence-electron chi connectivity index (χ2n) is 6.85. The van der Waals surface area contributed by atoms with Crippen LogP contribution in [0.3, 0.4) is 0 Å². The number of amides is 1. The van der Waals surface area contributed by atoms with Crippen molar-refractivity contribution in [1.82, 2.24) is 10.6 Å². The first-order valence-corrected chi connectivity index (χ1v) is 8.39. The van der Waals surface area contributed by atoms with E-state index in [0.29, 0.717) is 5.92 Å². The smallest absolute Gasteiger partial charge is 0.230 e. The SMILES string of the molecule is CC1CCNCC1NC(=O)C1(c2cccc(F)c2)CCCC1. The van der Waals surface area contributed by atoms with Crippen LogP contribution >= 0.6 is 0 Å². The fourth-order valence-corrected chi connectivity index (χ4v) is 3.90. The molecule has 2 aliphatic rings. The van der Waals surface area contributed by atoms with Crippen molar-refractivity contribution < 1.29 is 9.18 Å². The fourth-order valence-electron chi connectivity index (χ4n) is 3.90. The number of rotatable bonds is 3. The van der Waals surface area contributed by atoms with Crippen molar-refractivity contribution in [3.8, 4) is 0 Å². The van der Waals surface area contributed by atoms with E-state index in [-0.39, 0.29) is 17.8 Å². The molecule has 0 bridgehead atoms. The van der Waals surface area contributed by atoms with Crippen LogP contribution in [0.2, 0.25) is 0 Å². The molecule has 0 spiro atoms. The maximum atomic E-state index is 13.6. The van der Waals surface area contributed by atoms with Gasteiger partial charge in [0, 0.05) is 12.6 Å². The Morgan fingerprint density at radius 2 is 2.14 bits per heavy atom. The van der Waals surface area contributed by atoms with E-state index in [1.807, 2.05) is 6.07 Å². The van der Waals surface area contributed by atoms with Crippen LogP contribution in [0.15, 0.2) is 24.3 Å². The molecule has 1 aliphatic heterocycles. The molecule has 0 aromatic heterocycles. The molecule has 22 heavy (non-hydrogen) atoms. The molecule has 2 fully saturated rings.